The SMILES string of the molecule is COc1ccccc1OCc1c(C(=O)Nc2cccc(C)c2)noc1C. The van der Waals surface area contributed by atoms with E-state index in [0.717, 1.165) is 5.56 Å². The number of aromatic nitrogens is 1. The third-order valence-electron chi connectivity index (χ3n) is 3.92. The molecule has 3 aromatic rings. The fourth-order valence-corrected chi connectivity index (χ4v) is 2.54. The Morgan fingerprint density at radius 2 is 1.88 bits per heavy atom. The third-order valence-corrected chi connectivity index (χ3v) is 3.92. The minimum Gasteiger partial charge on any atom is -0.493 e. The predicted octanol–water partition coefficient (Wildman–Crippen LogP) is 4.13. The van der Waals surface area contributed by atoms with Crippen LogP contribution >= 0.6 is 0 Å². The molecule has 0 spiro atoms. The highest BCUT2D eigenvalue weighted by molar-refractivity contribution is 6.03. The van der Waals surface area contributed by atoms with Crippen LogP contribution in [0.3, 0.4) is 0 Å². The van der Waals surface area contributed by atoms with E-state index in [1.54, 1.807) is 26.2 Å². The summed E-state index contributed by atoms with van der Waals surface area (Å²) < 4.78 is 16.3. The van der Waals surface area contributed by atoms with Gasteiger partial charge in [0.2, 0.25) is 0 Å². The highest BCUT2D eigenvalue weighted by Gasteiger charge is 2.21. The van der Waals surface area contributed by atoms with E-state index in [1.807, 2.05) is 43.3 Å². The summed E-state index contributed by atoms with van der Waals surface area (Å²) in [5.74, 6) is 1.40. The molecule has 0 aliphatic heterocycles. The molecule has 1 amide bonds. The molecule has 0 saturated heterocycles. The summed E-state index contributed by atoms with van der Waals surface area (Å²) in [5.41, 5.74) is 2.56. The van der Waals surface area contributed by atoms with Gasteiger partial charge in [0.15, 0.2) is 17.2 Å². The van der Waals surface area contributed by atoms with Gasteiger partial charge in [-0.05, 0) is 43.7 Å². The van der Waals surface area contributed by atoms with Gasteiger partial charge in [0.05, 0.1) is 12.7 Å². The Balaban J connectivity index is 1.77. The molecule has 0 unspecified atom stereocenters. The Morgan fingerprint density at radius 3 is 2.62 bits per heavy atom. The highest BCUT2D eigenvalue weighted by atomic mass is 16.5. The van der Waals surface area contributed by atoms with E-state index < -0.39 is 0 Å². The van der Waals surface area contributed by atoms with Gasteiger partial charge in [-0.2, -0.15) is 0 Å². The molecule has 26 heavy (non-hydrogen) atoms. The molecule has 0 saturated carbocycles. The van der Waals surface area contributed by atoms with Crippen LogP contribution in [0.4, 0.5) is 5.69 Å². The lowest BCUT2D eigenvalue weighted by Gasteiger charge is -2.10. The molecule has 1 N–H and O–H groups in total. The van der Waals surface area contributed by atoms with Crippen LogP contribution in [0.2, 0.25) is 0 Å². The number of carbonyl (C=O) groups is 1. The number of anilines is 1. The van der Waals surface area contributed by atoms with E-state index in [4.69, 9.17) is 14.0 Å². The number of nitrogens with zero attached hydrogens (tertiary/aromatic N) is 1. The molecule has 6 nitrogen and oxygen atoms in total. The Morgan fingerprint density at radius 1 is 1.12 bits per heavy atom. The number of hydrogen-bond donors (Lipinski definition) is 1. The number of ether oxygens (including phenoxy) is 2. The molecule has 1 heterocycles. The first-order valence-electron chi connectivity index (χ1n) is 8.17. The molecule has 134 valence electrons. The number of nitrogens with one attached hydrogen (secondary N) is 1. The monoisotopic (exact) mass is 352 g/mol. The van der Waals surface area contributed by atoms with Crippen molar-refractivity contribution in [2.75, 3.05) is 12.4 Å². The van der Waals surface area contributed by atoms with E-state index >= 15 is 0 Å². The number of benzene rings is 2. The first kappa shape index (κ1) is 17.5. The number of para-hydroxylation sites is 2. The summed E-state index contributed by atoms with van der Waals surface area (Å²) >= 11 is 0. The van der Waals surface area contributed by atoms with Crippen molar-refractivity contribution < 1.29 is 18.8 Å². The molecular formula is C20H20N2O4. The van der Waals surface area contributed by atoms with Crippen molar-refractivity contribution >= 4 is 11.6 Å². The van der Waals surface area contributed by atoms with Gasteiger partial charge in [-0.15, -0.1) is 0 Å². The second kappa shape index (κ2) is 7.74. The Hall–Kier alpha value is -3.28. The van der Waals surface area contributed by atoms with Crippen molar-refractivity contribution in [1.82, 2.24) is 5.16 Å². The zero-order chi connectivity index (χ0) is 18.5. The van der Waals surface area contributed by atoms with Crippen LogP contribution in [-0.4, -0.2) is 18.2 Å². The largest absolute Gasteiger partial charge is 0.493 e. The van der Waals surface area contributed by atoms with Crippen LogP contribution in [0.1, 0.15) is 27.4 Å². The fraction of sp³-hybridized carbons (Fsp3) is 0.200. The summed E-state index contributed by atoms with van der Waals surface area (Å²) in [4.78, 5) is 12.6. The second-order valence-electron chi connectivity index (χ2n) is 5.83. The summed E-state index contributed by atoms with van der Waals surface area (Å²) in [6.45, 7) is 3.85. The van der Waals surface area contributed by atoms with Crippen molar-refractivity contribution in [3.63, 3.8) is 0 Å². The van der Waals surface area contributed by atoms with Crippen LogP contribution in [0.5, 0.6) is 11.5 Å². The zero-order valence-corrected chi connectivity index (χ0v) is 14.9. The summed E-state index contributed by atoms with van der Waals surface area (Å²) in [6, 6.07) is 14.9. The molecule has 1 aromatic heterocycles. The lowest BCUT2D eigenvalue weighted by atomic mass is 10.2. The number of amides is 1. The second-order valence-corrected chi connectivity index (χ2v) is 5.83. The number of rotatable bonds is 6. The third kappa shape index (κ3) is 3.85. The normalized spacial score (nSPS) is 10.4. The molecule has 0 bridgehead atoms. The zero-order valence-electron chi connectivity index (χ0n) is 14.9. The van der Waals surface area contributed by atoms with Gasteiger partial charge in [0.25, 0.3) is 5.91 Å². The lowest BCUT2D eigenvalue weighted by molar-refractivity contribution is 0.101. The number of hydrogen-bond acceptors (Lipinski definition) is 5. The van der Waals surface area contributed by atoms with Crippen LogP contribution in [0, 0.1) is 13.8 Å². The Bertz CT molecular complexity index is 918. The van der Waals surface area contributed by atoms with Crippen LogP contribution in [0.15, 0.2) is 53.1 Å². The number of aryl methyl sites for hydroxylation is 2. The van der Waals surface area contributed by atoms with Gasteiger partial charge in [0, 0.05) is 5.69 Å². The molecule has 0 aliphatic rings. The van der Waals surface area contributed by atoms with Crippen molar-refractivity contribution in [3.8, 4) is 11.5 Å². The topological polar surface area (TPSA) is 73.6 Å². The molecule has 0 fully saturated rings. The molecular weight excluding hydrogens is 332 g/mol. The number of carbonyl (C=O) groups excluding carboxylic acids is 1. The molecule has 6 heteroatoms. The minimum absolute atomic E-state index is 0.145. The van der Waals surface area contributed by atoms with Gasteiger partial charge in [-0.25, -0.2) is 0 Å². The average molecular weight is 352 g/mol. The van der Waals surface area contributed by atoms with E-state index in [2.05, 4.69) is 10.5 Å². The predicted molar refractivity (Wildman–Crippen MR) is 97.7 cm³/mol. The molecule has 2 aromatic carbocycles. The first-order chi connectivity index (χ1) is 12.6. The van der Waals surface area contributed by atoms with Crippen molar-refractivity contribution in [2.45, 2.75) is 20.5 Å². The molecule has 0 atom stereocenters. The fourth-order valence-electron chi connectivity index (χ4n) is 2.54. The van der Waals surface area contributed by atoms with Crippen LogP contribution in [-0.2, 0) is 6.61 Å². The summed E-state index contributed by atoms with van der Waals surface area (Å²) in [6.07, 6.45) is 0. The highest BCUT2D eigenvalue weighted by Crippen LogP contribution is 2.27. The van der Waals surface area contributed by atoms with Gasteiger partial charge in [-0.3, -0.25) is 4.79 Å². The van der Waals surface area contributed by atoms with Gasteiger partial charge < -0.3 is 19.3 Å². The summed E-state index contributed by atoms with van der Waals surface area (Å²) in [5, 5.41) is 6.72. The first-order valence-corrected chi connectivity index (χ1v) is 8.17. The maximum atomic E-state index is 12.6. The maximum absolute atomic E-state index is 12.6. The minimum atomic E-state index is -0.342. The lowest BCUT2D eigenvalue weighted by Crippen LogP contribution is -2.15. The van der Waals surface area contributed by atoms with Gasteiger partial charge in [0.1, 0.15) is 12.4 Å². The quantitative estimate of drug-likeness (QED) is 0.722. The van der Waals surface area contributed by atoms with E-state index in [1.165, 1.54) is 0 Å². The van der Waals surface area contributed by atoms with Crippen LogP contribution in [0.25, 0.3) is 0 Å². The standard InChI is InChI=1S/C20H20N2O4/c1-13-7-6-8-15(11-13)21-20(23)19-16(14(2)26-22-19)12-25-18-10-5-4-9-17(18)24-3/h4-11H,12H2,1-3H3,(H,21,23). The average Bonchev–Trinajstić information content (AvgIpc) is 3.01. The Kier molecular flexibility index (Phi) is 5.22. The smallest absolute Gasteiger partial charge is 0.278 e. The number of methoxy groups -OCH3 is 1. The summed E-state index contributed by atoms with van der Waals surface area (Å²) in [7, 11) is 1.58. The van der Waals surface area contributed by atoms with E-state index in [-0.39, 0.29) is 18.2 Å². The van der Waals surface area contributed by atoms with Gasteiger partial charge >= 0.3 is 0 Å². The van der Waals surface area contributed by atoms with E-state index in [9.17, 15) is 4.79 Å². The molecule has 0 radical (unpaired) electrons. The molecule has 3 rings (SSSR count). The van der Waals surface area contributed by atoms with Crippen molar-refractivity contribution in [2.24, 2.45) is 0 Å². The molecule has 0 aliphatic carbocycles. The van der Waals surface area contributed by atoms with Gasteiger partial charge in [-0.1, -0.05) is 29.4 Å². The van der Waals surface area contributed by atoms with Crippen molar-refractivity contribution in [3.05, 3.63) is 71.1 Å². The Labute approximate surface area is 151 Å². The van der Waals surface area contributed by atoms with Crippen LogP contribution < -0.4 is 14.8 Å². The van der Waals surface area contributed by atoms with Crippen molar-refractivity contribution in [1.29, 1.82) is 0 Å². The van der Waals surface area contributed by atoms with E-state index in [0.29, 0.717) is 28.5 Å². The maximum Gasteiger partial charge on any atom is 0.278 e.